The van der Waals surface area contributed by atoms with Crippen molar-refractivity contribution in [2.24, 2.45) is 0 Å². The van der Waals surface area contributed by atoms with Crippen molar-refractivity contribution in [3.8, 4) is 0 Å². The van der Waals surface area contributed by atoms with Gasteiger partial charge in [-0.25, -0.2) is 8.42 Å². The molecule has 1 aromatic carbocycles. The largest absolute Gasteiger partial charge is 0.398 e. The topological polar surface area (TPSA) is 60.2 Å². The summed E-state index contributed by atoms with van der Waals surface area (Å²) in [4.78, 5) is 0.252. The predicted octanol–water partition coefficient (Wildman–Crippen LogP) is 2.15. The standard InChI is InChI=1S/C11H17NO2S/c1-4-9(3)15(13,14)11-6-5-8(2)7-10(11)12/h5-7,9H,4,12H2,1-3H3. The van der Waals surface area contributed by atoms with E-state index in [0.717, 1.165) is 5.56 Å². The Bertz CT molecular complexity index is 452. The Hall–Kier alpha value is -1.03. The fourth-order valence-electron chi connectivity index (χ4n) is 1.36. The Morgan fingerprint density at radius 1 is 1.40 bits per heavy atom. The summed E-state index contributed by atoms with van der Waals surface area (Å²) in [6.45, 7) is 5.44. The molecule has 4 heteroatoms. The lowest BCUT2D eigenvalue weighted by Gasteiger charge is -2.12. The Morgan fingerprint density at radius 3 is 2.47 bits per heavy atom. The van der Waals surface area contributed by atoms with Crippen LogP contribution in [0.3, 0.4) is 0 Å². The van der Waals surface area contributed by atoms with E-state index >= 15 is 0 Å². The Labute approximate surface area is 91.2 Å². The average molecular weight is 227 g/mol. The fraction of sp³-hybridized carbons (Fsp3) is 0.455. The molecule has 1 atom stereocenters. The first-order valence-electron chi connectivity index (χ1n) is 4.99. The number of nitrogen functional groups attached to an aromatic ring is 1. The summed E-state index contributed by atoms with van der Waals surface area (Å²) in [5, 5.41) is -0.387. The summed E-state index contributed by atoms with van der Waals surface area (Å²) in [7, 11) is -3.26. The molecule has 0 radical (unpaired) electrons. The lowest BCUT2D eigenvalue weighted by Crippen LogP contribution is -2.18. The van der Waals surface area contributed by atoms with Crippen LogP contribution in [0.2, 0.25) is 0 Å². The van der Waals surface area contributed by atoms with Crippen molar-refractivity contribution in [1.82, 2.24) is 0 Å². The highest BCUT2D eigenvalue weighted by Crippen LogP contribution is 2.24. The van der Waals surface area contributed by atoms with Crippen LogP contribution >= 0.6 is 0 Å². The molecule has 2 N–H and O–H groups in total. The Kier molecular flexibility index (Phi) is 3.39. The van der Waals surface area contributed by atoms with Gasteiger partial charge in [0.05, 0.1) is 15.8 Å². The highest BCUT2D eigenvalue weighted by molar-refractivity contribution is 7.92. The van der Waals surface area contributed by atoms with E-state index in [2.05, 4.69) is 0 Å². The number of sulfone groups is 1. The van der Waals surface area contributed by atoms with Gasteiger partial charge in [-0.1, -0.05) is 13.0 Å². The third-order valence-corrected chi connectivity index (χ3v) is 4.95. The van der Waals surface area contributed by atoms with Crippen LogP contribution in [-0.4, -0.2) is 13.7 Å². The molecule has 0 aliphatic rings. The van der Waals surface area contributed by atoms with Crippen molar-refractivity contribution in [2.45, 2.75) is 37.3 Å². The molecule has 0 aromatic heterocycles. The Morgan fingerprint density at radius 2 is 2.00 bits per heavy atom. The van der Waals surface area contributed by atoms with Gasteiger partial charge in [0.1, 0.15) is 0 Å². The summed E-state index contributed by atoms with van der Waals surface area (Å²) >= 11 is 0. The summed E-state index contributed by atoms with van der Waals surface area (Å²) in [6, 6.07) is 5.05. The maximum absolute atomic E-state index is 12.0. The van der Waals surface area contributed by atoms with E-state index in [0.29, 0.717) is 12.1 Å². The maximum atomic E-state index is 12.0. The van der Waals surface area contributed by atoms with E-state index in [1.807, 2.05) is 13.8 Å². The average Bonchev–Trinajstić information content (AvgIpc) is 2.15. The number of hydrogen-bond acceptors (Lipinski definition) is 3. The van der Waals surface area contributed by atoms with Gasteiger partial charge in [0.25, 0.3) is 0 Å². The zero-order valence-electron chi connectivity index (χ0n) is 9.32. The molecule has 0 heterocycles. The molecule has 15 heavy (non-hydrogen) atoms. The minimum absolute atomic E-state index is 0.252. The van der Waals surface area contributed by atoms with Crippen LogP contribution in [0.5, 0.6) is 0 Å². The molecule has 0 aliphatic carbocycles. The van der Waals surface area contributed by atoms with Gasteiger partial charge < -0.3 is 5.73 Å². The van der Waals surface area contributed by atoms with E-state index in [1.54, 1.807) is 25.1 Å². The lowest BCUT2D eigenvalue weighted by atomic mass is 10.2. The second kappa shape index (κ2) is 4.23. The molecule has 0 bridgehead atoms. The summed E-state index contributed by atoms with van der Waals surface area (Å²) < 4.78 is 24.0. The van der Waals surface area contributed by atoms with Crippen LogP contribution < -0.4 is 5.73 Å². The third-order valence-electron chi connectivity index (χ3n) is 2.58. The molecule has 0 fully saturated rings. The van der Waals surface area contributed by atoms with Crippen LogP contribution in [0.25, 0.3) is 0 Å². The Balaban J connectivity index is 3.28. The highest BCUT2D eigenvalue weighted by Gasteiger charge is 2.23. The van der Waals surface area contributed by atoms with E-state index in [1.165, 1.54) is 0 Å². The van der Waals surface area contributed by atoms with Crippen LogP contribution in [0, 0.1) is 6.92 Å². The second-order valence-electron chi connectivity index (χ2n) is 3.81. The smallest absolute Gasteiger partial charge is 0.182 e. The van der Waals surface area contributed by atoms with E-state index in [9.17, 15) is 8.42 Å². The molecule has 0 spiro atoms. The van der Waals surface area contributed by atoms with Crippen LogP contribution in [0.1, 0.15) is 25.8 Å². The first kappa shape index (κ1) is 12.0. The quantitative estimate of drug-likeness (QED) is 0.805. The van der Waals surface area contributed by atoms with Crippen molar-refractivity contribution in [3.05, 3.63) is 23.8 Å². The van der Waals surface area contributed by atoms with Crippen molar-refractivity contribution in [3.63, 3.8) is 0 Å². The van der Waals surface area contributed by atoms with Crippen molar-refractivity contribution >= 4 is 15.5 Å². The molecular formula is C11H17NO2S. The van der Waals surface area contributed by atoms with Crippen LogP contribution in [-0.2, 0) is 9.84 Å². The van der Waals surface area contributed by atoms with Crippen molar-refractivity contribution < 1.29 is 8.42 Å². The first-order chi connectivity index (χ1) is 6.89. The third kappa shape index (κ3) is 2.31. The summed E-state index contributed by atoms with van der Waals surface area (Å²) in [6.07, 6.45) is 0.593. The minimum Gasteiger partial charge on any atom is -0.398 e. The molecule has 0 saturated carbocycles. The highest BCUT2D eigenvalue weighted by atomic mass is 32.2. The first-order valence-corrected chi connectivity index (χ1v) is 6.54. The van der Waals surface area contributed by atoms with E-state index < -0.39 is 9.84 Å². The second-order valence-corrected chi connectivity index (χ2v) is 6.14. The van der Waals surface area contributed by atoms with Gasteiger partial charge in [-0.15, -0.1) is 0 Å². The van der Waals surface area contributed by atoms with E-state index in [4.69, 9.17) is 5.73 Å². The lowest BCUT2D eigenvalue weighted by molar-refractivity contribution is 0.581. The number of benzene rings is 1. The zero-order chi connectivity index (χ0) is 11.6. The van der Waals surface area contributed by atoms with E-state index in [-0.39, 0.29) is 10.1 Å². The molecule has 1 unspecified atom stereocenters. The van der Waals surface area contributed by atoms with Crippen LogP contribution in [0.15, 0.2) is 23.1 Å². The number of aryl methyl sites for hydroxylation is 1. The van der Waals surface area contributed by atoms with Gasteiger partial charge in [-0.3, -0.25) is 0 Å². The van der Waals surface area contributed by atoms with Crippen molar-refractivity contribution in [1.29, 1.82) is 0 Å². The van der Waals surface area contributed by atoms with Gasteiger partial charge in [0.15, 0.2) is 9.84 Å². The maximum Gasteiger partial charge on any atom is 0.182 e. The molecule has 0 aliphatic heterocycles. The number of anilines is 1. The van der Waals surface area contributed by atoms with Gasteiger partial charge in [0.2, 0.25) is 0 Å². The molecule has 1 rings (SSSR count). The van der Waals surface area contributed by atoms with Gasteiger partial charge in [0, 0.05) is 0 Å². The molecule has 1 aromatic rings. The molecule has 3 nitrogen and oxygen atoms in total. The predicted molar refractivity (Wildman–Crippen MR) is 62.5 cm³/mol. The van der Waals surface area contributed by atoms with Crippen molar-refractivity contribution in [2.75, 3.05) is 5.73 Å². The normalized spacial score (nSPS) is 13.8. The monoisotopic (exact) mass is 227 g/mol. The molecular weight excluding hydrogens is 210 g/mol. The van der Waals surface area contributed by atoms with Gasteiger partial charge in [-0.05, 0) is 38.0 Å². The zero-order valence-corrected chi connectivity index (χ0v) is 10.1. The summed E-state index contributed by atoms with van der Waals surface area (Å²) in [5.74, 6) is 0. The number of hydrogen-bond donors (Lipinski definition) is 1. The minimum atomic E-state index is -3.26. The molecule has 84 valence electrons. The van der Waals surface area contributed by atoms with Gasteiger partial charge >= 0.3 is 0 Å². The summed E-state index contributed by atoms with van der Waals surface area (Å²) in [5.41, 5.74) is 7.03. The SMILES string of the molecule is CCC(C)S(=O)(=O)c1ccc(C)cc1N. The van der Waals surface area contributed by atoms with Gasteiger partial charge in [-0.2, -0.15) is 0 Å². The fourth-order valence-corrected chi connectivity index (χ4v) is 2.88. The molecule has 0 amide bonds. The number of nitrogens with two attached hydrogens (primary N) is 1. The number of rotatable bonds is 3. The molecule has 0 saturated heterocycles. The van der Waals surface area contributed by atoms with Crippen LogP contribution in [0.4, 0.5) is 5.69 Å².